The summed E-state index contributed by atoms with van der Waals surface area (Å²) in [4.78, 5) is 5.35. The normalized spacial score (nSPS) is 14.2. The van der Waals surface area contributed by atoms with Crippen molar-refractivity contribution < 1.29 is 8.42 Å². The van der Waals surface area contributed by atoms with E-state index in [1.165, 1.54) is 11.1 Å². The molecule has 2 N–H and O–H groups in total. The second-order valence-corrected chi connectivity index (χ2v) is 7.76. The summed E-state index contributed by atoms with van der Waals surface area (Å²) in [5.41, 5.74) is 0. The first-order valence-corrected chi connectivity index (χ1v) is 9.02. The SMILES string of the molecule is CN=C(NCc1cccs1)NC(C)CCS(C)(=O)=O. The van der Waals surface area contributed by atoms with E-state index in [0.29, 0.717) is 12.4 Å². The van der Waals surface area contributed by atoms with Crippen molar-refractivity contribution in [1.82, 2.24) is 10.6 Å². The van der Waals surface area contributed by atoms with Crippen molar-refractivity contribution in [3.8, 4) is 0 Å². The zero-order valence-corrected chi connectivity index (χ0v) is 13.1. The van der Waals surface area contributed by atoms with Gasteiger partial charge in [-0.3, -0.25) is 4.99 Å². The predicted octanol–water partition coefficient (Wildman–Crippen LogP) is 1.24. The van der Waals surface area contributed by atoms with Crippen LogP contribution >= 0.6 is 11.3 Å². The lowest BCUT2D eigenvalue weighted by atomic mass is 10.3. The average molecular weight is 303 g/mol. The first-order valence-electron chi connectivity index (χ1n) is 6.08. The molecule has 1 unspecified atom stereocenters. The van der Waals surface area contributed by atoms with E-state index in [-0.39, 0.29) is 11.8 Å². The van der Waals surface area contributed by atoms with E-state index in [0.717, 1.165) is 6.54 Å². The van der Waals surface area contributed by atoms with Crippen molar-refractivity contribution in [1.29, 1.82) is 0 Å². The lowest BCUT2D eigenvalue weighted by Crippen LogP contribution is -2.42. The van der Waals surface area contributed by atoms with Gasteiger partial charge >= 0.3 is 0 Å². The number of rotatable bonds is 6. The minimum absolute atomic E-state index is 0.0595. The Morgan fingerprint density at radius 3 is 2.79 bits per heavy atom. The van der Waals surface area contributed by atoms with Crippen molar-refractivity contribution >= 4 is 27.1 Å². The van der Waals surface area contributed by atoms with Crippen LogP contribution in [0.4, 0.5) is 0 Å². The number of hydrogen-bond donors (Lipinski definition) is 2. The molecule has 108 valence electrons. The summed E-state index contributed by atoms with van der Waals surface area (Å²) in [7, 11) is -1.21. The lowest BCUT2D eigenvalue weighted by Gasteiger charge is -2.17. The van der Waals surface area contributed by atoms with Crippen molar-refractivity contribution in [3.05, 3.63) is 22.4 Å². The van der Waals surface area contributed by atoms with Gasteiger partial charge in [0.25, 0.3) is 0 Å². The van der Waals surface area contributed by atoms with Crippen LogP contribution in [0.1, 0.15) is 18.2 Å². The molecule has 1 aromatic heterocycles. The average Bonchev–Trinajstić information content (AvgIpc) is 2.84. The largest absolute Gasteiger partial charge is 0.354 e. The van der Waals surface area contributed by atoms with Crippen molar-refractivity contribution in [2.45, 2.75) is 25.9 Å². The fourth-order valence-corrected chi connectivity index (χ4v) is 2.90. The van der Waals surface area contributed by atoms with Crippen LogP contribution in [0, 0.1) is 0 Å². The number of sulfone groups is 1. The van der Waals surface area contributed by atoms with E-state index in [9.17, 15) is 8.42 Å². The molecule has 0 radical (unpaired) electrons. The molecule has 0 saturated heterocycles. The topological polar surface area (TPSA) is 70.6 Å². The fraction of sp³-hybridized carbons (Fsp3) is 0.583. The smallest absolute Gasteiger partial charge is 0.191 e. The summed E-state index contributed by atoms with van der Waals surface area (Å²) >= 11 is 1.68. The van der Waals surface area contributed by atoms with Gasteiger partial charge in [0.15, 0.2) is 5.96 Å². The quantitative estimate of drug-likeness (QED) is 0.613. The van der Waals surface area contributed by atoms with Crippen LogP contribution in [0.25, 0.3) is 0 Å². The van der Waals surface area contributed by atoms with Gasteiger partial charge in [-0.15, -0.1) is 11.3 Å². The monoisotopic (exact) mass is 303 g/mol. The van der Waals surface area contributed by atoms with Crippen LogP contribution in [0.2, 0.25) is 0 Å². The molecule has 0 aliphatic heterocycles. The van der Waals surface area contributed by atoms with Gasteiger partial charge in [0.1, 0.15) is 9.84 Å². The Hall–Kier alpha value is -1.08. The molecule has 5 nitrogen and oxygen atoms in total. The maximum absolute atomic E-state index is 11.1. The molecule has 1 aromatic rings. The predicted molar refractivity (Wildman–Crippen MR) is 81.4 cm³/mol. The molecule has 0 spiro atoms. The highest BCUT2D eigenvalue weighted by atomic mass is 32.2. The Bertz CT molecular complexity index is 495. The number of aliphatic imine (C=N–C) groups is 1. The summed E-state index contributed by atoms with van der Waals surface area (Å²) in [6.45, 7) is 2.67. The Morgan fingerprint density at radius 2 is 2.26 bits per heavy atom. The number of guanidine groups is 1. The third-order valence-corrected chi connectivity index (χ3v) is 4.39. The molecule has 0 saturated carbocycles. The van der Waals surface area contributed by atoms with Gasteiger partial charge in [0.2, 0.25) is 0 Å². The minimum Gasteiger partial charge on any atom is -0.354 e. The van der Waals surface area contributed by atoms with Crippen molar-refractivity contribution in [2.24, 2.45) is 4.99 Å². The van der Waals surface area contributed by atoms with Gasteiger partial charge < -0.3 is 10.6 Å². The number of thiophene rings is 1. The molecular formula is C12H21N3O2S2. The molecule has 1 heterocycles. The zero-order chi connectivity index (χ0) is 14.3. The fourth-order valence-electron chi connectivity index (χ4n) is 1.48. The first-order chi connectivity index (χ1) is 8.90. The highest BCUT2D eigenvalue weighted by molar-refractivity contribution is 7.90. The van der Waals surface area contributed by atoms with Crippen LogP contribution in [0.3, 0.4) is 0 Å². The Morgan fingerprint density at radius 1 is 1.53 bits per heavy atom. The first kappa shape index (κ1) is 16.0. The van der Waals surface area contributed by atoms with Crippen LogP contribution in [-0.4, -0.2) is 39.5 Å². The van der Waals surface area contributed by atoms with E-state index < -0.39 is 9.84 Å². The van der Waals surface area contributed by atoms with Gasteiger partial charge in [-0.1, -0.05) is 6.07 Å². The molecule has 19 heavy (non-hydrogen) atoms. The molecule has 0 aliphatic rings. The minimum atomic E-state index is -2.91. The molecule has 0 fully saturated rings. The van der Waals surface area contributed by atoms with Gasteiger partial charge in [0, 0.05) is 24.2 Å². The summed E-state index contributed by atoms with van der Waals surface area (Å²) in [6.07, 6.45) is 1.82. The van der Waals surface area contributed by atoms with E-state index in [1.54, 1.807) is 18.4 Å². The summed E-state index contributed by atoms with van der Waals surface area (Å²) in [5.74, 6) is 0.873. The molecule has 0 amide bonds. The van der Waals surface area contributed by atoms with Gasteiger partial charge in [-0.25, -0.2) is 8.42 Å². The van der Waals surface area contributed by atoms with Crippen molar-refractivity contribution in [2.75, 3.05) is 19.1 Å². The molecule has 0 aromatic carbocycles. The van der Waals surface area contributed by atoms with E-state index >= 15 is 0 Å². The molecule has 0 bridgehead atoms. The third-order valence-electron chi connectivity index (χ3n) is 2.54. The molecule has 1 atom stereocenters. The third kappa shape index (κ3) is 7.17. The van der Waals surface area contributed by atoms with Crippen LogP contribution < -0.4 is 10.6 Å². The van der Waals surface area contributed by atoms with Gasteiger partial charge in [0.05, 0.1) is 12.3 Å². The zero-order valence-electron chi connectivity index (χ0n) is 11.5. The Balaban J connectivity index is 2.35. The van der Waals surface area contributed by atoms with Gasteiger partial charge in [-0.05, 0) is 24.8 Å². The van der Waals surface area contributed by atoms with Crippen LogP contribution in [-0.2, 0) is 16.4 Å². The number of hydrogen-bond acceptors (Lipinski definition) is 4. The molecule has 0 aliphatic carbocycles. The van der Waals surface area contributed by atoms with E-state index in [2.05, 4.69) is 21.7 Å². The summed E-state index contributed by atoms with van der Waals surface area (Å²) < 4.78 is 22.2. The maximum atomic E-state index is 11.1. The van der Waals surface area contributed by atoms with E-state index in [4.69, 9.17) is 0 Å². The van der Waals surface area contributed by atoms with E-state index in [1.807, 2.05) is 18.4 Å². The van der Waals surface area contributed by atoms with Crippen LogP contribution in [0.5, 0.6) is 0 Å². The summed E-state index contributed by atoms with van der Waals surface area (Å²) in [6, 6.07) is 4.12. The molecule has 1 rings (SSSR count). The molecule has 7 heteroatoms. The second-order valence-electron chi connectivity index (χ2n) is 4.47. The van der Waals surface area contributed by atoms with Crippen molar-refractivity contribution in [3.63, 3.8) is 0 Å². The summed E-state index contributed by atoms with van der Waals surface area (Å²) in [5, 5.41) is 8.41. The highest BCUT2D eigenvalue weighted by Gasteiger charge is 2.09. The lowest BCUT2D eigenvalue weighted by molar-refractivity contribution is 0.581. The Labute approximate surface area is 119 Å². The standard InChI is InChI=1S/C12H21N3O2S2/c1-10(6-8-19(3,16)17)15-12(13-2)14-9-11-5-4-7-18-11/h4-5,7,10H,6,8-9H2,1-3H3,(H2,13,14,15). The number of nitrogens with zero attached hydrogens (tertiary/aromatic N) is 1. The maximum Gasteiger partial charge on any atom is 0.191 e. The highest BCUT2D eigenvalue weighted by Crippen LogP contribution is 2.07. The van der Waals surface area contributed by atoms with Gasteiger partial charge in [-0.2, -0.15) is 0 Å². The second kappa shape index (κ2) is 7.49. The Kier molecular flexibility index (Phi) is 6.30. The number of nitrogens with one attached hydrogen (secondary N) is 2. The van der Waals surface area contributed by atoms with Crippen LogP contribution in [0.15, 0.2) is 22.5 Å². The molecular weight excluding hydrogens is 282 g/mol.